The molecule has 112 valence electrons. The number of hydrogen-bond acceptors (Lipinski definition) is 3. The summed E-state index contributed by atoms with van der Waals surface area (Å²) in [6.45, 7) is 9.35. The Morgan fingerprint density at radius 1 is 1.35 bits per heavy atom. The van der Waals surface area contributed by atoms with Crippen LogP contribution in [0, 0.1) is 13.8 Å². The van der Waals surface area contributed by atoms with Crippen molar-refractivity contribution >= 4 is 11.6 Å². The predicted octanol–water partition coefficient (Wildman–Crippen LogP) is 2.33. The van der Waals surface area contributed by atoms with Crippen LogP contribution < -0.4 is 5.32 Å². The molecule has 0 atom stereocenters. The highest BCUT2D eigenvalue weighted by atomic mass is 16.3. The van der Waals surface area contributed by atoms with E-state index in [-0.39, 0.29) is 18.6 Å². The van der Waals surface area contributed by atoms with E-state index in [0.29, 0.717) is 13.0 Å². The minimum Gasteiger partial charge on any atom is -0.396 e. The van der Waals surface area contributed by atoms with Gasteiger partial charge in [-0.1, -0.05) is 12.1 Å². The highest BCUT2D eigenvalue weighted by Gasteiger charge is 2.14. The second-order valence-electron chi connectivity index (χ2n) is 5.51. The zero-order valence-electron chi connectivity index (χ0n) is 12.9. The van der Waals surface area contributed by atoms with E-state index in [2.05, 4.69) is 24.1 Å². The van der Waals surface area contributed by atoms with Crippen molar-refractivity contribution in [3.8, 4) is 0 Å². The van der Waals surface area contributed by atoms with Crippen LogP contribution in [-0.4, -0.2) is 41.7 Å². The van der Waals surface area contributed by atoms with E-state index >= 15 is 0 Å². The van der Waals surface area contributed by atoms with Gasteiger partial charge >= 0.3 is 0 Å². The summed E-state index contributed by atoms with van der Waals surface area (Å²) in [5.41, 5.74) is 3.07. The first-order chi connectivity index (χ1) is 9.43. The summed E-state index contributed by atoms with van der Waals surface area (Å²) >= 11 is 0. The number of amides is 1. The SMILES string of the molecule is Cc1ccc(C)c(NC(=O)CN(CCCO)C(C)C)c1. The van der Waals surface area contributed by atoms with Crippen molar-refractivity contribution in [3.63, 3.8) is 0 Å². The molecule has 0 unspecified atom stereocenters. The number of rotatable bonds is 7. The van der Waals surface area contributed by atoms with Crippen LogP contribution in [0.25, 0.3) is 0 Å². The zero-order chi connectivity index (χ0) is 15.1. The second-order valence-corrected chi connectivity index (χ2v) is 5.51. The van der Waals surface area contributed by atoms with E-state index in [9.17, 15) is 4.79 Å². The largest absolute Gasteiger partial charge is 0.396 e. The van der Waals surface area contributed by atoms with Crippen LogP contribution in [0.4, 0.5) is 5.69 Å². The number of aliphatic hydroxyl groups is 1. The Morgan fingerprint density at radius 2 is 2.05 bits per heavy atom. The van der Waals surface area contributed by atoms with E-state index < -0.39 is 0 Å². The summed E-state index contributed by atoms with van der Waals surface area (Å²) in [4.78, 5) is 14.2. The third kappa shape index (κ3) is 5.31. The fourth-order valence-electron chi connectivity index (χ4n) is 2.04. The standard InChI is InChI=1S/C16H26N2O2/c1-12(2)18(8-5-9-19)11-16(20)17-15-10-13(3)6-7-14(15)4/h6-7,10,12,19H,5,8-9,11H2,1-4H3,(H,17,20). The van der Waals surface area contributed by atoms with Gasteiger partial charge in [0.25, 0.3) is 0 Å². The molecule has 0 spiro atoms. The molecule has 1 amide bonds. The number of nitrogens with zero attached hydrogens (tertiary/aromatic N) is 1. The van der Waals surface area contributed by atoms with Crippen molar-refractivity contribution in [2.45, 2.75) is 40.2 Å². The van der Waals surface area contributed by atoms with E-state index in [1.807, 2.05) is 32.0 Å². The Labute approximate surface area is 121 Å². The summed E-state index contributed by atoms with van der Waals surface area (Å²) in [5, 5.41) is 11.9. The molecule has 0 aliphatic heterocycles. The zero-order valence-corrected chi connectivity index (χ0v) is 12.9. The first-order valence-corrected chi connectivity index (χ1v) is 7.16. The van der Waals surface area contributed by atoms with Crippen molar-refractivity contribution in [1.82, 2.24) is 4.90 Å². The molecule has 0 aliphatic rings. The van der Waals surface area contributed by atoms with E-state index in [1.54, 1.807) is 0 Å². The molecular weight excluding hydrogens is 252 g/mol. The van der Waals surface area contributed by atoms with Gasteiger partial charge in [0.05, 0.1) is 6.54 Å². The molecule has 0 fully saturated rings. The molecule has 1 aromatic rings. The Morgan fingerprint density at radius 3 is 2.65 bits per heavy atom. The fraction of sp³-hybridized carbons (Fsp3) is 0.562. The first kappa shape index (κ1) is 16.7. The molecule has 0 saturated heterocycles. The number of hydrogen-bond donors (Lipinski definition) is 2. The summed E-state index contributed by atoms with van der Waals surface area (Å²) in [5.74, 6) is -0.00894. The molecule has 0 aromatic heterocycles. The summed E-state index contributed by atoms with van der Waals surface area (Å²) < 4.78 is 0. The molecule has 0 bridgehead atoms. The van der Waals surface area contributed by atoms with Gasteiger partial charge in [-0.2, -0.15) is 0 Å². The maximum absolute atomic E-state index is 12.1. The van der Waals surface area contributed by atoms with Crippen molar-refractivity contribution < 1.29 is 9.90 Å². The molecule has 0 aliphatic carbocycles. The summed E-state index contributed by atoms with van der Waals surface area (Å²) in [6, 6.07) is 6.32. The van der Waals surface area contributed by atoms with Gasteiger partial charge in [-0.15, -0.1) is 0 Å². The number of carbonyl (C=O) groups is 1. The molecule has 4 heteroatoms. The molecule has 2 N–H and O–H groups in total. The number of benzene rings is 1. The summed E-state index contributed by atoms with van der Waals surface area (Å²) in [6.07, 6.45) is 0.689. The smallest absolute Gasteiger partial charge is 0.238 e. The molecule has 0 radical (unpaired) electrons. The maximum atomic E-state index is 12.1. The predicted molar refractivity (Wildman–Crippen MR) is 83.0 cm³/mol. The highest BCUT2D eigenvalue weighted by molar-refractivity contribution is 5.93. The van der Waals surface area contributed by atoms with Crippen LogP contribution in [-0.2, 0) is 4.79 Å². The lowest BCUT2D eigenvalue weighted by Crippen LogP contribution is -2.39. The second kappa shape index (κ2) is 8.02. The number of anilines is 1. The van der Waals surface area contributed by atoms with Gasteiger partial charge in [-0.3, -0.25) is 9.69 Å². The minimum atomic E-state index is -0.00894. The lowest BCUT2D eigenvalue weighted by atomic mass is 10.1. The van der Waals surface area contributed by atoms with Gasteiger partial charge in [0.2, 0.25) is 5.91 Å². The molecule has 4 nitrogen and oxygen atoms in total. The highest BCUT2D eigenvalue weighted by Crippen LogP contribution is 2.16. The van der Waals surface area contributed by atoms with Gasteiger partial charge in [0, 0.05) is 24.9 Å². The van der Waals surface area contributed by atoms with Crippen molar-refractivity contribution in [3.05, 3.63) is 29.3 Å². The molecule has 0 saturated carbocycles. The van der Waals surface area contributed by atoms with Gasteiger partial charge in [0.1, 0.15) is 0 Å². The number of nitrogens with one attached hydrogen (secondary N) is 1. The van der Waals surface area contributed by atoms with Crippen LogP contribution in [0.2, 0.25) is 0 Å². The van der Waals surface area contributed by atoms with Crippen LogP contribution in [0.15, 0.2) is 18.2 Å². The Bertz CT molecular complexity index is 444. The Kier molecular flexibility index (Phi) is 6.68. The van der Waals surface area contributed by atoms with E-state index in [0.717, 1.165) is 23.4 Å². The first-order valence-electron chi connectivity index (χ1n) is 7.16. The maximum Gasteiger partial charge on any atom is 0.238 e. The molecule has 20 heavy (non-hydrogen) atoms. The van der Waals surface area contributed by atoms with Gasteiger partial charge < -0.3 is 10.4 Å². The van der Waals surface area contributed by atoms with E-state index in [4.69, 9.17) is 5.11 Å². The average Bonchev–Trinajstić information content (AvgIpc) is 2.38. The van der Waals surface area contributed by atoms with Crippen molar-refractivity contribution in [2.24, 2.45) is 0 Å². The van der Waals surface area contributed by atoms with Crippen molar-refractivity contribution in [1.29, 1.82) is 0 Å². The third-order valence-electron chi connectivity index (χ3n) is 3.35. The van der Waals surface area contributed by atoms with Gasteiger partial charge in [0.15, 0.2) is 0 Å². The topological polar surface area (TPSA) is 52.6 Å². The van der Waals surface area contributed by atoms with Crippen LogP contribution >= 0.6 is 0 Å². The van der Waals surface area contributed by atoms with Crippen LogP contribution in [0.1, 0.15) is 31.4 Å². The molecule has 0 heterocycles. The molecule has 1 aromatic carbocycles. The molecular formula is C16H26N2O2. The Hall–Kier alpha value is -1.39. The van der Waals surface area contributed by atoms with Crippen molar-refractivity contribution in [2.75, 3.05) is 25.0 Å². The lowest BCUT2D eigenvalue weighted by molar-refractivity contribution is -0.117. The Balaban J connectivity index is 2.63. The molecule has 1 rings (SSSR count). The third-order valence-corrected chi connectivity index (χ3v) is 3.35. The van der Waals surface area contributed by atoms with E-state index in [1.165, 1.54) is 0 Å². The average molecular weight is 278 g/mol. The lowest BCUT2D eigenvalue weighted by Gasteiger charge is -2.25. The summed E-state index contributed by atoms with van der Waals surface area (Å²) in [7, 11) is 0. The normalized spacial score (nSPS) is 11.2. The minimum absolute atomic E-state index is 0.00894. The number of aryl methyl sites for hydroxylation is 2. The number of carbonyl (C=O) groups excluding carboxylic acids is 1. The monoisotopic (exact) mass is 278 g/mol. The van der Waals surface area contributed by atoms with Crippen LogP contribution in [0.5, 0.6) is 0 Å². The number of aliphatic hydroxyl groups excluding tert-OH is 1. The van der Waals surface area contributed by atoms with Gasteiger partial charge in [-0.25, -0.2) is 0 Å². The van der Waals surface area contributed by atoms with Gasteiger partial charge in [-0.05, 0) is 51.3 Å². The van der Waals surface area contributed by atoms with Crippen LogP contribution in [0.3, 0.4) is 0 Å². The quantitative estimate of drug-likeness (QED) is 0.805. The fourth-order valence-corrected chi connectivity index (χ4v) is 2.04.